The van der Waals surface area contributed by atoms with Gasteiger partial charge in [0.15, 0.2) is 5.60 Å². The van der Waals surface area contributed by atoms with E-state index in [0.717, 1.165) is 6.92 Å². The quantitative estimate of drug-likeness (QED) is 0.920. The molecule has 22 heavy (non-hydrogen) atoms. The van der Waals surface area contributed by atoms with E-state index in [9.17, 15) is 23.1 Å². The summed E-state index contributed by atoms with van der Waals surface area (Å²) in [5.74, 6) is -0.0920. The van der Waals surface area contributed by atoms with E-state index in [-0.39, 0.29) is 5.91 Å². The SMILES string of the molecule is C[C@](O)(CN1CCCN(C(=O)c2ccsc2)CC1)C(F)(F)F. The number of β-amino-alcohol motifs (C(OH)–C–C–N with tert-alkyl or cyclic N) is 1. The van der Waals surface area contributed by atoms with Gasteiger partial charge in [0.2, 0.25) is 0 Å². The summed E-state index contributed by atoms with van der Waals surface area (Å²) < 4.78 is 38.2. The number of hydrogen-bond donors (Lipinski definition) is 1. The van der Waals surface area contributed by atoms with Gasteiger partial charge in [-0.15, -0.1) is 0 Å². The molecule has 0 spiro atoms. The number of carbonyl (C=O) groups is 1. The Balaban J connectivity index is 1.94. The molecule has 1 aliphatic rings. The Morgan fingerprint density at radius 2 is 2.05 bits per heavy atom. The highest BCUT2D eigenvalue weighted by Crippen LogP contribution is 2.30. The highest BCUT2D eigenvalue weighted by molar-refractivity contribution is 7.08. The first kappa shape index (κ1) is 17.2. The molecule has 2 heterocycles. The highest BCUT2D eigenvalue weighted by atomic mass is 32.1. The first-order valence-electron chi connectivity index (χ1n) is 7.04. The van der Waals surface area contributed by atoms with Crippen molar-refractivity contribution in [3.05, 3.63) is 22.4 Å². The molecule has 124 valence electrons. The summed E-state index contributed by atoms with van der Waals surface area (Å²) in [4.78, 5) is 15.5. The van der Waals surface area contributed by atoms with Crippen LogP contribution < -0.4 is 0 Å². The zero-order chi connectivity index (χ0) is 16.4. The number of carbonyl (C=O) groups excluding carboxylic acids is 1. The van der Waals surface area contributed by atoms with Crippen molar-refractivity contribution in [1.82, 2.24) is 9.80 Å². The van der Waals surface area contributed by atoms with Crippen molar-refractivity contribution in [3.8, 4) is 0 Å². The van der Waals surface area contributed by atoms with Crippen LogP contribution in [0.2, 0.25) is 0 Å². The maximum atomic E-state index is 12.7. The van der Waals surface area contributed by atoms with Gasteiger partial charge >= 0.3 is 6.18 Å². The summed E-state index contributed by atoms with van der Waals surface area (Å²) in [5.41, 5.74) is -2.12. The van der Waals surface area contributed by atoms with Gasteiger partial charge in [-0.05, 0) is 24.8 Å². The van der Waals surface area contributed by atoms with Crippen LogP contribution in [-0.2, 0) is 0 Å². The van der Waals surface area contributed by atoms with Crippen molar-refractivity contribution >= 4 is 17.2 Å². The van der Waals surface area contributed by atoms with Crippen molar-refractivity contribution in [2.75, 3.05) is 32.7 Å². The minimum absolute atomic E-state index is 0.0920. The summed E-state index contributed by atoms with van der Waals surface area (Å²) >= 11 is 1.43. The van der Waals surface area contributed by atoms with Gasteiger partial charge in [0.05, 0.1) is 5.56 Å². The van der Waals surface area contributed by atoms with Crippen LogP contribution in [0, 0.1) is 0 Å². The molecule has 8 heteroatoms. The van der Waals surface area contributed by atoms with Gasteiger partial charge in [-0.2, -0.15) is 24.5 Å². The highest BCUT2D eigenvalue weighted by Gasteiger charge is 2.50. The summed E-state index contributed by atoms with van der Waals surface area (Å²) in [6.07, 6.45) is -4.07. The van der Waals surface area contributed by atoms with Crippen molar-refractivity contribution < 1.29 is 23.1 Å². The molecular formula is C14H19F3N2O2S. The summed E-state index contributed by atoms with van der Waals surface area (Å²) in [5, 5.41) is 13.2. The van der Waals surface area contributed by atoms with E-state index in [1.165, 1.54) is 11.3 Å². The van der Waals surface area contributed by atoms with Crippen molar-refractivity contribution in [3.63, 3.8) is 0 Å². The van der Waals surface area contributed by atoms with Crippen LogP contribution >= 0.6 is 11.3 Å². The minimum Gasteiger partial charge on any atom is -0.380 e. The maximum Gasteiger partial charge on any atom is 0.418 e. The van der Waals surface area contributed by atoms with Gasteiger partial charge in [0, 0.05) is 38.1 Å². The zero-order valence-electron chi connectivity index (χ0n) is 12.3. The van der Waals surface area contributed by atoms with Crippen LogP contribution in [0.5, 0.6) is 0 Å². The van der Waals surface area contributed by atoms with E-state index in [2.05, 4.69) is 0 Å². The molecule has 0 radical (unpaired) electrons. The lowest BCUT2D eigenvalue weighted by Crippen LogP contribution is -2.52. The molecule has 0 unspecified atom stereocenters. The Bertz CT molecular complexity index is 503. The van der Waals surface area contributed by atoms with Crippen LogP contribution in [0.3, 0.4) is 0 Å². The van der Waals surface area contributed by atoms with E-state index >= 15 is 0 Å². The lowest BCUT2D eigenvalue weighted by Gasteiger charge is -2.32. The second-order valence-electron chi connectivity index (χ2n) is 5.71. The zero-order valence-corrected chi connectivity index (χ0v) is 13.1. The Kier molecular flexibility index (Phi) is 5.14. The Morgan fingerprint density at radius 3 is 2.64 bits per heavy atom. The molecule has 0 aromatic carbocycles. The van der Waals surface area contributed by atoms with E-state index in [1.807, 2.05) is 5.38 Å². The van der Waals surface area contributed by atoms with Crippen molar-refractivity contribution in [2.24, 2.45) is 0 Å². The van der Waals surface area contributed by atoms with Crippen molar-refractivity contribution in [1.29, 1.82) is 0 Å². The largest absolute Gasteiger partial charge is 0.418 e. The molecule has 0 saturated carbocycles. The Morgan fingerprint density at radius 1 is 1.32 bits per heavy atom. The van der Waals surface area contributed by atoms with Gasteiger partial charge in [-0.3, -0.25) is 9.69 Å². The Hall–Kier alpha value is -1.12. The van der Waals surface area contributed by atoms with E-state index in [1.54, 1.807) is 21.2 Å². The lowest BCUT2D eigenvalue weighted by atomic mass is 10.1. The van der Waals surface area contributed by atoms with Gasteiger partial charge in [-0.1, -0.05) is 0 Å². The Labute approximate surface area is 131 Å². The number of halogens is 3. The average molecular weight is 336 g/mol. The van der Waals surface area contributed by atoms with Crippen LogP contribution in [0.4, 0.5) is 13.2 Å². The topological polar surface area (TPSA) is 43.8 Å². The molecule has 2 rings (SSSR count). The van der Waals surface area contributed by atoms with Crippen LogP contribution in [0.1, 0.15) is 23.7 Å². The molecule has 1 amide bonds. The fourth-order valence-electron chi connectivity index (χ4n) is 2.43. The molecule has 1 saturated heterocycles. The van der Waals surface area contributed by atoms with E-state index in [0.29, 0.717) is 38.2 Å². The normalized spacial score (nSPS) is 20.5. The van der Waals surface area contributed by atoms with Gasteiger partial charge in [-0.25, -0.2) is 0 Å². The van der Waals surface area contributed by atoms with Crippen molar-refractivity contribution in [2.45, 2.75) is 25.1 Å². The first-order valence-corrected chi connectivity index (χ1v) is 7.98. The fourth-order valence-corrected chi connectivity index (χ4v) is 3.06. The van der Waals surface area contributed by atoms with Crippen LogP contribution in [0.25, 0.3) is 0 Å². The molecule has 0 bridgehead atoms. The fraction of sp³-hybridized carbons (Fsp3) is 0.643. The molecule has 1 aliphatic heterocycles. The van der Waals surface area contributed by atoms with E-state index < -0.39 is 18.3 Å². The van der Waals surface area contributed by atoms with Crippen LogP contribution in [0.15, 0.2) is 16.8 Å². The molecule has 4 nitrogen and oxygen atoms in total. The number of hydrogen-bond acceptors (Lipinski definition) is 4. The van der Waals surface area contributed by atoms with Gasteiger partial charge in [0.1, 0.15) is 0 Å². The molecular weight excluding hydrogens is 317 g/mol. The standard InChI is InChI=1S/C14H19F3N2O2S/c1-13(21,14(15,16)17)10-18-4-2-5-19(7-6-18)12(20)11-3-8-22-9-11/h3,8-9,21H,2,4-7,10H2,1H3/t13-/m0/s1. The first-order chi connectivity index (χ1) is 10.2. The number of nitrogens with zero attached hydrogens (tertiary/aromatic N) is 2. The smallest absolute Gasteiger partial charge is 0.380 e. The third-order valence-electron chi connectivity index (χ3n) is 3.79. The summed E-state index contributed by atoms with van der Waals surface area (Å²) in [7, 11) is 0. The summed E-state index contributed by atoms with van der Waals surface area (Å²) in [6.45, 7) is 1.94. The summed E-state index contributed by atoms with van der Waals surface area (Å²) in [6, 6.07) is 1.74. The maximum absolute atomic E-state index is 12.7. The predicted octanol–water partition coefficient (Wildman–Crippen LogP) is 2.21. The molecule has 1 N–H and O–H groups in total. The van der Waals surface area contributed by atoms with Gasteiger partial charge < -0.3 is 10.0 Å². The van der Waals surface area contributed by atoms with E-state index in [4.69, 9.17) is 0 Å². The number of rotatable bonds is 3. The molecule has 1 fully saturated rings. The number of alkyl halides is 3. The second-order valence-corrected chi connectivity index (χ2v) is 6.49. The lowest BCUT2D eigenvalue weighted by molar-refractivity contribution is -0.257. The third-order valence-corrected chi connectivity index (χ3v) is 4.47. The number of amides is 1. The molecule has 0 aliphatic carbocycles. The average Bonchev–Trinajstić information content (AvgIpc) is 2.84. The third kappa shape index (κ3) is 3.99. The molecule has 1 atom stereocenters. The molecule has 1 aromatic heterocycles. The molecule has 1 aromatic rings. The number of aliphatic hydroxyl groups is 1. The number of thiophene rings is 1. The second kappa shape index (κ2) is 6.55. The van der Waals surface area contributed by atoms with Gasteiger partial charge in [0.25, 0.3) is 5.91 Å². The van der Waals surface area contributed by atoms with Crippen LogP contribution in [-0.4, -0.2) is 65.3 Å². The predicted molar refractivity (Wildman–Crippen MR) is 78.0 cm³/mol. The monoisotopic (exact) mass is 336 g/mol. The minimum atomic E-state index is -4.66.